The molecule has 0 atom stereocenters. The number of nitrogens with zero attached hydrogens (tertiary/aromatic N) is 3. The quantitative estimate of drug-likeness (QED) is 0.0467. The molecule has 13 nitrogen and oxygen atoms in total. The molecule has 0 saturated carbocycles. The van der Waals surface area contributed by atoms with E-state index in [9.17, 15) is 24.3 Å². The number of ether oxygens (including phenoxy) is 1. The van der Waals surface area contributed by atoms with E-state index >= 15 is 0 Å². The number of aryl methyl sites for hydroxylation is 4. The third-order valence-corrected chi connectivity index (χ3v) is 11.5. The Bertz CT molecular complexity index is 3110. The molecule has 4 aromatic heterocycles. The number of aromatic nitrogens is 4. The van der Waals surface area contributed by atoms with Crippen molar-refractivity contribution < 1.29 is 129 Å². The predicted octanol–water partition coefficient (Wildman–Crippen LogP) is 0.222. The molecule has 59 heavy (non-hydrogen) atoms. The Morgan fingerprint density at radius 3 is 1.76 bits per heavy atom. The van der Waals surface area contributed by atoms with E-state index in [4.69, 9.17) is 14.8 Å². The number of hydrogen-bond acceptors (Lipinski definition) is 9. The first-order valence-corrected chi connectivity index (χ1v) is 19.5. The van der Waals surface area contributed by atoms with Gasteiger partial charge in [0.05, 0.1) is 28.6 Å². The van der Waals surface area contributed by atoms with E-state index in [0.29, 0.717) is 40.7 Å². The van der Waals surface area contributed by atoms with Gasteiger partial charge in [-0.3, -0.25) is 24.0 Å². The molecule has 1 aliphatic heterocycles. The van der Waals surface area contributed by atoms with Gasteiger partial charge in [0.2, 0.25) is 5.56 Å². The second-order valence-corrected chi connectivity index (χ2v) is 14.5. The fourth-order valence-electron chi connectivity index (χ4n) is 7.24. The molecule has 5 heterocycles. The summed E-state index contributed by atoms with van der Waals surface area (Å²) in [6, 6.07) is 22.1. The molecule has 4 aromatic carbocycles. The number of aromatic hydroxyl groups is 1. The number of phenolic OH excluding ortho intramolecular Hbond substituents is 1. The summed E-state index contributed by atoms with van der Waals surface area (Å²) in [5.41, 5.74) is 3.45. The largest absolute Gasteiger partial charge is 1.00 e. The van der Waals surface area contributed by atoms with Gasteiger partial charge in [-0.25, -0.2) is 0 Å². The molecule has 0 saturated heterocycles. The molecule has 0 amide bonds. The number of aromatic amines is 1. The molecule has 1 aliphatic rings. The van der Waals surface area contributed by atoms with Crippen LogP contribution < -0.4 is 135 Å². The van der Waals surface area contributed by atoms with Crippen LogP contribution in [0.15, 0.2) is 92.0 Å². The van der Waals surface area contributed by atoms with Gasteiger partial charge in [-0.15, -0.1) is 0 Å². The van der Waals surface area contributed by atoms with Crippen molar-refractivity contribution in [1.29, 1.82) is 0 Å². The first-order chi connectivity index (χ1) is 26.9. The summed E-state index contributed by atoms with van der Waals surface area (Å²) in [5.74, 6) is 0.550. The summed E-state index contributed by atoms with van der Waals surface area (Å²) < 4.78 is 10.8. The van der Waals surface area contributed by atoms with Crippen molar-refractivity contribution in [3.05, 3.63) is 125 Å². The van der Waals surface area contributed by atoms with Crippen LogP contribution in [0.2, 0.25) is 0 Å². The van der Waals surface area contributed by atoms with Gasteiger partial charge in [-0.05, 0) is 60.0 Å². The topological polar surface area (TPSA) is 178 Å². The Balaban J connectivity index is 0.000000333. The number of H-pyrrole nitrogens is 1. The minimum Gasteiger partial charge on any atom is -1.00 e. The molecule has 0 fully saturated rings. The normalized spacial score (nSPS) is 11.1. The molecular weight excluding hydrogens is 942 g/mol. The van der Waals surface area contributed by atoms with Gasteiger partial charge in [-0.2, -0.15) is 0 Å². The van der Waals surface area contributed by atoms with Crippen molar-refractivity contribution >= 4 is 103 Å². The summed E-state index contributed by atoms with van der Waals surface area (Å²) in [4.78, 5) is 63.4. The van der Waals surface area contributed by atoms with Crippen LogP contribution >= 0.6 is 31.9 Å². The predicted molar refractivity (Wildman–Crippen MR) is 232 cm³/mol. The van der Waals surface area contributed by atoms with Crippen molar-refractivity contribution in [2.24, 2.45) is 14.1 Å². The molecule has 0 spiro atoms. The number of phenols is 1. The average Bonchev–Trinajstić information content (AvgIpc) is 3.21. The molecule has 0 unspecified atom stereocenters. The van der Waals surface area contributed by atoms with Crippen LogP contribution in [0.4, 0.5) is 0 Å². The van der Waals surface area contributed by atoms with Gasteiger partial charge in [0.1, 0.15) is 6.61 Å². The smallest absolute Gasteiger partial charge is 1.00 e. The molecule has 0 aliphatic carbocycles. The molecule has 298 valence electrons. The molecule has 0 bridgehead atoms. The standard InChI is InChI=1S/C20H16N2O3.C18H14N2O3.C2H4Br2.CH2O3.CH4.2K.H/c1-11-9-16(23)22-7-8-25-19-17-15(10-14(11)18(19)22)12-5-3-4-6-13(12)20(24)21(17)2;1-9-7-14(21)19-15-12(9)8-13-10-5-3-4-6-11(10)18(23)20(2)16(13)17(15)22;3-1-2-4;2-1-4-3;;;;/h3-6,9-10H,7-8H2,1-2H3;3-8,22H,1-2H3,(H,19,21);1-2H2;1,3H;1H4;;;/q;;;;;2*+1;-1/p-1. The Kier molecular flexibility index (Phi) is 19.0. The third-order valence-electron chi connectivity index (χ3n) is 9.67. The van der Waals surface area contributed by atoms with Crippen molar-refractivity contribution in [3.8, 4) is 11.5 Å². The number of halogens is 2. The Morgan fingerprint density at radius 2 is 1.24 bits per heavy atom. The van der Waals surface area contributed by atoms with Crippen LogP contribution in [0.1, 0.15) is 20.0 Å². The Hall–Kier alpha value is -2.50. The number of nitrogens with one attached hydrogen (secondary N) is 1. The van der Waals surface area contributed by atoms with Crippen molar-refractivity contribution in [2.45, 2.75) is 27.8 Å². The van der Waals surface area contributed by atoms with Gasteiger partial charge in [0.15, 0.2) is 11.5 Å². The van der Waals surface area contributed by atoms with Gasteiger partial charge in [0.25, 0.3) is 23.2 Å². The van der Waals surface area contributed by atoms with E-state index in [1.54, 1.807) is 35.4 Å². The number of carbonyl (C=O) groups excluding carboxylic acids is 1. The first kappa shape index (κ1) is 50.9. The van der Waals surface area contributed by atoms with Crippen LogP contribution in [-0.2, 0) is 30.3 Å². The van der Waals surface area contributed by atoms with Crippen LogP contribution in [0.25, 0.3) is 65.2 Å². The van der Waals surface area contributed by atoms with Crippen LogP contribution in [-0.4, -0.2) is 47.5 Å². The number of benzene rings is 4. The van der Waals surface area contributed by atoms with E-state index in [2.05, 4.69) is 47.8 Å². The molecule has 2 N–H and O–H groups in total. The van der Waals surface area contributed by atoms with E-state index in [1.807, 2.05) is 62.4 Å². The van der Waals surface area contributed by atoms with Gasteiger partial charge in [-0.1, -0.05) is 75.7 Å². The van der Waals surface area contributed by atoms with E-state index in [1.165, 1.54) is 10.6 Å². The zero-order valence-corrected chi connectivity index (χ0v) is 42.1. The zero-order chi connectivity index (χ0) is 40.4. The number of rotatable bonds is 2. The van der Waals surface area contributed by atoms with Gasteiger partial charge < -0.3 is 40.1 Å². The summed E-state index contributed by atoms with van der Waals surface area (Å²) >= 11 is 6.40. The minimum absolute atomic E-state index is 0. The number of hydrogen-bond donors (Lipinski definition) is 2. The molecular formula is C42H40Br2K2N4O9. The number of carbonyl (C=O) groups is 1. The number of alkyl halides is 2. The van der Waals surface area contributed by atoms with Crippen molar-refractivity contribution in [2.75, 3.05) is 17.3 Å². The van der Waals surface area contributed by atoms with Crippen LogP contribution in [0.5, 0.6) is 11.5 Å². The monoisotopic (exact) mass is 980 g/mol. The van der Waals surface area contributed by atoms with Crippen molar-refractivity contribution in [1.82, 2.24) is 18.7 Å². The molecule has 17 heteroatoms. The third kappa shape index (κ3) is 9.77. The summed E-state index contributed by atoms with van der Waals surface area (Å²) in [5, 5.41) is 27.7. The molecule has 8 aromatic rings. The van der Waals surface area contributed by atoms with Crippen LogP contribution in [0, 0.1) is 13.8 Å². The molecule has 0 radical (unpaired) electrons. The summed E-state index contributed by atoms with van der Waals surface area (Å²) in [7, 11) is 3.38. The van der Waals surface area contributed by atoms with Crippen molar-refractivity contribution in [3.63, 3.8) is 0 Å². The average molecular weight is 983 g/mol. The maximum Gasteiger partial charge on any atom is 1.00 e. The Labute approximate surface area is 440 Å². The summed E-state index contributed by atoms with van der Waals surface area (Å²) in [6.45, 7) is 4.53. The van der Waals surface area contributed by atoms with Crippen LogP contribution in [0.3, 0.4) is 0 Å². The number of pyridine rings is 4. The van der Waals surface area contributed by atoms with Gasteiger partial charge in [0, 0.05) is 69.2 Å². The summed E-state index contributed by atoms with van der Waals surface area (Å²) in [6.07, 6.45) is 0. The first-order valence-electron chi connectivity index (χ1n) is 17.2. The maximum absolute atomic E-state index is 12.8. The van der Waals surface area contributed by atoms with Gasteiger partial charge >= 0.3 is 103 Å². The second kappa shape index (κ2) is 22.0. The Morgan fingerprint density at radius 1 is 0.763 bits per heavy atom. The maximum atomic E-state index is 12.8. The SMILES string of the molecule is BrCCBr.C.Cc1cc(=O)[nH]c2c(O)c3c(cc12)c1ccccc1c(=O)n3C.Cc1cc(=O)n2c3c(c4c(cc13)c1ccccc1c(=O)n4C)OCC2.O=CO[O-].[H-].[K+].[K+]. The van der Waals surface area contributed by atoms with E-state index in [0.717, 1.165) is 65.1 Å². The minimum atomic E-state index is -0.282. The van der Waals surface area contributed by atoms with E-state index in [-0.39, 0.29) is 146 Å². The second-order valence-electron chi connectivity index (χ2n) is 12.9. The molecule has 9 rings (SSSR count). The fourth-order valence-corrected chi connectivity index (χ4v) is 7.24. The fraction of sp³-hybridized carbons (Fsp3) is 0.214. The zero-order valence-electron chi connectivity index (χ0n) is 33.6. The number of fused-ring (bicyclic) bond motifs is 8. The van der Waals surface area contributed by atoms with E-state index < -0.39 is 0 Å².